The van der Waals surface area contributed by atoms with Crippen LogP contribution in [0.1, 0.15) is 31.9 Å². The van der Waals surface area contributed by atoms with Gasteiger partial charge in [-0.15, -0.1) is 0 Å². The van der Waals surface area contributed by atoms with E-state index in [0.717, 1.165) is 0 Å². The number of hydrogen-bond donors (Lipinski definition) is 1. The average molecular weight is 466 g/mol. The number of anilines is 1. The van der Waals surface area contributed by atoms with Crippen LogP contribution in [-0.2, 0) is 24.3 Å². The van der Waals surface area contributed by atoms with E-state index in [1.165, 1.54) is 23.5 Å². The van der Waals surface area contributed by atoms with E-state index in [4.69, 9.17) is 14.0 Å². The second-order valence-electron chi connectivity index (χ2n) is 7.50. The molecule has 1 fully saturated rings. The van der Waals surface area contributed by atoms with Crippen molar-refractivity contribution in [3.8, 4) is 5.75 Å². The summed E-state index contributed by atoms with van der Waals surface area (Å²) in [5, 5.41) is 6.25. The molecule has 1 aliphatic rings. The molecule has 1 unspecified atom stereocenters. The normalized spacial score (nSPS) is 16.3. The van der Waals surface area contributed by atoms with Gasteiger partial charge in [0.05, 0.1) is 17.9 Å². The highest BCUT2D eigenvalue weighted by atomic mass is 32.2. The lowest BCUT2D eigenvalue weighted by molar-refractivity contribution is -0.159. The summed E-state index contributed by atoms with van der Waals surface area (Å²) in [4.78, 5) is 25.2. The van der Waals surface area contributed by atoms with Crippen molar-refractivity contribution in [3.63, 3.8) is 0 Å². The van der Waals surface area contributed by atoms with E-state index < -0.39 is 33.9 Å². The Bertz CT molecular complexity index is 1040. The standard InChI is InChI=1S/C21H27N3O7S/c1-4-18(20(25)22-19-13-14(2)31-23-19)30-21(26)15-9-11-24(12-10-15)32(27,28)17-7-5-16(29-3)6-8-17/h5-8,13,15,18H,4,9-12H2,1-3H3,(H,22,23,25). The van der Waals surface area contributed by atoms with Crippen LogP contribution in [0.25, 0.3) is 0 Å². The van der Waals surface area contributed by atoms with Crippen LogP contribution in [0.15, 0.2) is 39.8 Å². The number of nitrogens with one attached hydrogen (secondary N) is 1. The summed E-state index contributed by atoms with van der Waals surface area (Å²) in [6.07, 6.45) is -0.0524. The van der Waals surface area contributed by atoms with Crippen molar-refractivity contribution in [1.29, 1.82) is 0 Å². The highest BCUT2D eigenvalue weighted by Gasteiger charge is 2.34. The van der Waals surface area contributed by atoms with E-state index in [1.54, 1.807) is 32.0 Å². The SMILES string of the molecule is CCC(OC(=O)C1CCN(S(=O)(=O)c2ccc(OC)cc2)CC1)C(=O)Nc1cc(C)on1. The molecule has 11 heteroatoms. The van der Waals surface area contributed by atoms with Gasteiger partial charge in [0.25, 0.3) is 5.91 Å². The molecule has 1 saturated heterocycles. The van der Waals surface area contributed by atoms with Gasteiger partial charge in [-0.3, -0.25) is 9.59 Å². The molecule has 32 heavy (non-hydrogen) atoms. The predicted molar refractivity (Wildman–Crippen MR) is 115 cm³/mol. The summed E-state index contributed by atoms with van der Waals surface area (Å²) in [5.74, 6) is -0.119. The molecule has 1 aliphatic heterocycles. The highest BCUT2D eigenvalue weighted by molar-refractivity contribution is 7.89. The molecule has 2 heterocycles. The second-order valence-corrected chi connectivity index (χ2v) is 9.44. The molecule has 0 aliphatic carbocycles. The first kappa shape index (κ1) is 23.7. The Morgan fingerprint density at radius 2 is 1.91 bits per heavy atom. The number of methoxy groups -OCH3 is 1. The van der Waals surface area contributed by atoms with Gasteiger partial charge >= 0.3 is 5.97 Å². The molecule has 0 spiro atoms. The summed E-state index contributed by atoms with van der Waals surface area (Å²) < 4.78 is 42.5. The van der Waals surface area contributed by atoms with Gasteiger partial charge < -0.3 is 19.3 Å². The smallest absolute Gasteiger partial charge is 0.309 e. The Labute approximate surface area is 186 Å². The van der Waals surface area contributed by atoms with Crippen molar-refractivity contribution in [2.45, 2.75) is 44.1 Å². The molecular formula is C21H27N3O7S. The van der Waals surface area contributed by atoms with E-state index in [2.05, 4.69) is 10.5 Å². The van der Waals surface area contributed by atoms with E-state index in [0.29, 0.717) is 30.8 Å². The van der Waals surface area contributed by atoms with Gasteiger partial charge in [-0.2, -0.15) is 4.31 Å². The van der Waals surface area contributed by atoms with Gasteiger partial charge in [-0.25, -0.2) is 8.42 Å². The third-order valence-corrected chi connectivity index (χ3v) is 7.20. The van der Waals surface area contributed by atoms with Crippen molar-refractivity contribution >= 4 is 27.7 Å². The van der Waals surface area contributed by atoms with Crippen LogP contribution in [0.4, 0.5) is 5.82 Å². The van der Waals surface area contributed by atoms with Crippen molar-refractivity contribution < 1.29 is 32.0 Å². The maximum absolute atomic E-state index is 12.9. The van der Waals surface area contributed by atoms with Crippen LogP contribution < -0.4 is 10.1 Å². The fourth-order valence-electron chi connectivity index (χ4n) is 3.42. The Morgan fingerprint density at radius 1 is 1.25 bits per heavy atom. The highest BCUT2D eigenvalue weighted by Crippen LogP contribution is 2.26. The molecule has 3 rings (SSSR count). The molecule has 0 bridgehead atoms. The number of nitrogens with zero attached hydrogens (tertiary/aromatic N) is 2. The Balaban J connectivity index is 1.55. The van der Waals surface area contributed by atoms with Crippen LogP contribution in [0.2, 0.25) is 0 Å². The maximum Gasteiger partial charge on any atom is 0.309 e. The van der Waals surface area contributed by atoms with Crippen molar-refractivity contribution in [2.75, 3.05) is 25.5 Å². The molecule has 0 saturated carbocycles. The van der Waals surface area contributed by atoms with E-state index in [1.807, 2.05) is 0 Å². The minimum atomic E-state index is -3.66. The Hall–Kier alpha value is -2.92. The number of amides is 1. The van der Waals surface area contributed by atoms with Gasteiger partial charge in [0, 0.05) is 19.2 Å². The molecule has 174 valence electrons. The number of piperidine rings is 1. The molecule has 1 atom stereocenters. The topological polar surface area (TPSA) is 128 Å². The van der Waals surface area contributed by atoms with Crippen LogP contribution in [0.5, 0.6) is 5.75 Å². The van der Waals surface area contributed by atoms with Gasteiger partial charge in [-0.1, -0.05) is 12.1 Å². The van der Waals surface area contributed by atoms with Crippen molar-refractivity contribution in [2.24, 2.45) is 5.92 Å². The summed E-state index contributed by atoms with van der Waals surface area (Å²) >= 11 is 0. The van der Waals surface area contributed by atoms with Gasteiger partial charge in [0.1, 0.15) is 11.5 Å². The number of rotatable bonds is 8. The number of ether oxygens (including phenoxy) is 2. The number of aromatic nitrogens is 1. The molecule has 1 aromatic heterocycles. The molecular weight excluding hydrogens is 438 g/mol. The van der Waals surface area contributed by atoms with Gasteiger partial charge in [-0.05, 0) is 50.5 Å². The first-order valence-electron chi connectivity index (χ1n) is 10.3. The van der Waals surface area contributed by atoms with Crippen molar-refractivity contribution in [1.82, 2.24) is 9.46 Å². The first-order valence-corrected chi connectivity index (χ1v) is 11.8. The minimum Gasteiger partial charge on any atom is -0.497 e. The van der Waals surface area contributed by atoms with Crippen molar-refractivity contribution in [3.05, 3.63) is 36.1 Å². The zero-order valence-electron chi connectivity index (χ0n) is 18.2. The van der Waals surface area contributed by atoms with Gasteiger partial charge in [0.2, 0.25) is 10.0 Å². The van der Waals surface area contributed by atoms with Crippen LogP contribution in [-0.4, -0.2) is 56.1 Å². The quantitative estimate of drug-likeness (QED) is 0.589. The summed E-state index contributed by atoms with van der Waals surface area (Å²) in [6.45, 7) is 3.81. The van der Waals surface area contributed by atoms with E-state index in [-0.39, 0.29) is 23.8 Å². The number of hydrogen-bond acceptors (Lipinski definition) is 8. The fourth-order valence-corrected chi connectivity index (χ4v) is 4.89. The predicted octanol–water partition coefficient (Wildman–Crippen LogP) is 2.35. The molecule has 1 amide bonds. The monoisotopic (exact) mass is 465 g/mol. The summed E-state index contributed by atoms with van der Waals surface area (Å²) in [5.41, 5.74) is 0. The third kappa shape index (κ3) is 5.46. The molecule has 1 N–H and O–H groups in total. The molecule has 1 aromatic carbocycles. The number of carbonyl (C=O) groups excluding carboxylic acids is 2. The number of sulfonamides is 1. The largest absolute Gasteiger partial charge is 0.497 e. The van der Waals surface area contributed by atoms with Gasteiger partial charge in [0.15, 0.2) is 11.9 Å². The van der Waals surface area contributed by atoms with Crippen LogP contribution in [0, 0.1) is 12.8 Å². The molecule has 10 nitrogen and oxygen atoms in total. The second kappa shape index (κ2) is 10.1. The fraction of sp³-hybridized carbons (Fsp3) is 0.476. The Kier molecular flexibility index (Phi) is 7.52. The lowest BCUT2D eigenvalue weighted by Gasteiger charge is -2.30. The number of carbonyl (C=O) groups is 2. The molecule has 0 radical (unpaired) electrons. The number of esters is 1. The van der Waals surface area contributed by atoms with Crippen LogP contribution in [0.3, 0.4) is 0 Å². The zero-order valence-corrected chi connectivity index (χ0v) is 19.1. The summed E-state index contributed by atoms with van der Waals surface area (Å²) in [7, 11) is -2.15. The maximum atomic E-state index is 12.9. The average Bonchev–Trinajstić information content (AvgIpc) is 3.21. The third-order valence-electron chi connectivity index (χ3n) is 5.29. The van der Waals surface area contributed by atoms with E-state index >= 15 is 0 Å². The Morgan fingerprint density at radius 3 is 2.44 bits per heavy atom. The van der Waals surface area contributed by atoms with Crippen LogP contribution >= 0.6 is 0 Å². The number of aryl methyl sites for hydroxylation is 1. The molecule has 2 aromatic rings. The minimum absolute atomic E-state index is 0.171. The number of benzene rings is 1. The first-order chi connectivity index (χ1) is 15.2. The zero-order chi connectivity index (χ0) is 23.3. The lowest BCUT2D eigenvalue weighted by Crippen LogP contribution is -2.42. The summed E-state index contributed by atoms with van der Waals surface area (Å²) in [6, 6.07) is 7.73. The van der Waals surface area contributed by atoms with E-state index in [9.17, 15) is 18.0 Å². The lowest BCUT2D eigenvalue weighted by atomic mass is 9.98.